The van der Waals surface area contributed by atoms with Gasteiger partial charge in [0, 0.05) is 19.3 Å². The highest BCUT2D eigenvalue weighted by molar-refractivity contribution is 5.89. The Labute approximate surface area is 120 Å². The van der Waals surface area contributed by atoms with E-state index < -0.39 is 5.54 Å². The number of rotatable bonds is 6. The number of methoxy groups -OCH3 is 1. The summed E-state index contributed by atoms with van der Waals surface area (Å²) in [7, 11) is 1.63. The topological polar surface area (TPSA) is 62.4 Å². The standard InChI is InChI=1S/C15H23N3O2/c1-20-12-11-17-14(19)15(7-9-16-10-8-15)18-13-5-3-2-4-6-13/h2-6,16,18H,7-12H2,1H3,(H,17,19). The predicted molar refractivity (Wildman–Crippen MR) is 79.8 cm³/mol. The summed E-state index contributed by atoms with van der Waals surface area (Å²) in [6.45, 7) is 2.77. The summed E-state index contributed by atoms with van der Waals surface area (Å²) in [4.78, 5) is 12.5. The van der Waals surface area contributed by atoms with Crippen molar-refractivity contribution in [2.75, 3.05) is 38.7 Å². The van der Waals surface area contributed by atoms with Crippen molar-refractivity contribution in [2.45, 2.75) is 18.4 Å². The average molecular weight is 277 g/mol. The molecule has 0 radical (unpaired) electrons. The zero-order valence-electron chi connectivity index (χ0n) is 11.9. The molecule has 1 aliphatic rings. The Morgan fingerprint density at radius 1 is 1.30 bits per heavy atom. The van der Waals surface area contributed by atoms with Crippen molar-refractivity contribution in [1.29, 1.82) is 0 Å². The van der Waals surface area contributed by atoms with Crippen LogP contribution in [0.1, 0.15) is 12.8 Å². The van der Waals surface area contributed by atoms with Gasteiger partial charge in [-0.25, -0.2) is 0 Å². The third-order valence-electron chi connectivity index (χ3n) is 3.64. The van der Waals surface area contributed by atoms with Crippen LogP contribution in [0.25, 0.3) is 0 Å². The van der Waals surface area contributed by atoms with Gasteiger partial charge in [-0.3, -0.25) is 4.79 Å². The second kappa shape index (κ2) is 7.26. The molecule has 0 unspecified atom stereocenters. The Balaban J connectivity index is 2.06. The largest absolute Gasteiger partial charge is 0.383 e. The van der Waals surface area contributed by atoms with Crippen LogP contribution >= 0.6 is 0 Å². The molecule has 1 aliphatic heterocycles. The maximum atomic E-state index is 12.5. The first-order chi connectivity index (χ1) is 9.77. The van der Waals surface area contributed by atoms with Gasteiger partial charge in [-0.1, -0.05) is 18.2 Å². The van der Waals surface area contributed by atoms with Crippen LogP contribution < -0.4 is 16.0 Å². The number of ether oxygens (including phenoxy) is 1. The van der Waals surface area contributed by atoms with Crippen molar-refractivity contribution in [3.8, 4) is 0 Å². The van der Waals surface area contributed by atoms with E-state index in [0.29, 0.717) is 13.2 Å². The Morgan fingerprint density at radius 3 is 2.65 bits per heavy atom. The SMILES string of the molecule is COCCNC(=O)C1(Nc2ccccc2)CCNCC1. The fourth-order valence-electron chi connectivity index (χ4n) is 2.50. The monoisotopic (exact) mass is 277 g/mol. The molecular formula is C15H23N3O2. The number of nitrogens with one attached hydrogen (secondary N) is 3. The van der Waals surface area contributed by atoms with Gasteiger partial charge in [0.15, 0.2) is 0 Å². The highest BCUT2D eigenvalue weighted by atomic mass is 16.5. The smallest absolute Gasteiger partial charge is 0.245 e. The second-order valence-corrected chi connectivity index (χ2v) is 5.07. The van der Waals surface area contributed by atoms with E-state index in [1.807, 2.05) is 30.3 Å². The molecule has 0 bridgehead atoms. The normalized spacial score (nSPS) is 17.4. The average Bonchev–Trinajstić information content (AvgIpc) is 2.49. The van der Waals surface area contributed by atoms with Gasteiger partial charge in [-0.2, -0.15) is 0 Å². The quantitative estimate of drug-likeness (QED) is 0.678. The molecule has 1 saturated heterocycles. The van der Waals surface area contributed by atoms with Crippen LogP contribution in [0.15, 0.2) is 30.3 Å². The molecule has 5 heteroatoms. The van der Waals surface area contributed by atoms with Crippen LogP contribution in [0.5, 0.6) is 0 Å². The van der Waals surface area contributed by atoms with E-state index in [1.54, 1.807) is 7.11 Å². The highest BCUT2D eigenvalue weighted by Gasteiger charge is 2.39. The van der Waals surface area contributed by atoms with E-state index in [0.717, 1.165) is 31.6 Å². The van der Waals surface area contributed by atoms with E-state index in [1.165, 1.54) is 0 Å². The Morgan fingerprint density at radius 2 is 2.00 bits per heavy atom. The molecule has 0 aromatic heterocycles. The van der Waals surface area contributed by atoms with Crippen molar-refractivity contribution in [2.24, 2.45) is 0 Å². The minimum absolute atomic E-state index is 0.0555. The summed E-state index contributed by atoms with van der Waals surface area (Å²) in [6.07, 6.45) is 1.56. The first-order valence-electron chi connectivity index (χ1n) is 7.08. The molecule has 1 heterocycles. The van der Waals surface area contributed by atoms with Gasteiger partial charge >= 0.3 is 0 Å². The number of hydrogen-bond donors (Lipinski definition) is 3. The number of piperidine rings is 1. The van der Waals surface area contributed by atoms with Gasteiger partial charge in [0.25, 0.3) is 0 Å². The number of benzene rings is 1. The van der Waals surface area contributed by atoms with E-state index in [4.69, 9.17) is 4.74 Å². The molecular weight excluding hydrogens is 254 g/mol. The maximum Gasteiger partial charge on any atom is 0.245 e. The van der Waals surface area contributed by atoms with Crippen molar-refractivity contribution in [3.63, 3.8) is 0 Å². The lowest BCUT2D eigenvalue weighted by molar-refractivity contribution is -0.126. The van der Waals surface area contributed by atoms with E-state index in [-0.39, 0.29) is 5.91 Å². The van der Waals surface area contributed by atoms with Crippen LogP contribution in [0, 0.1) is 0 Å². The van der Waals surface area contributed by atoms with Gasteiger partial charge in [0.1, 0.15) is 5.54 Å². The molecule has 3 N–H and O–H groups in total. The first-order valence-corrected chi connectivity index (χ1v) is 7.08. The van der Waals surface area contributed by atoms with Crippen molar-refractivity contribution < 1.29 is 9.53 Å². The number of amides is 1. The molecule has 0 saturated carbocycles. The zero-order chi connectivity index (χ0) is 14.3. The van der Waals surface area contributed by atoms with E-state index in [9.17, 15) is 4.79 Å². The van der Waals surface area contributed by atoms with Crippen LogP contribution in [-0.2, 0) is 9.53 Å². The molecule has 1 aromatic rings. The minimum Gasteiger partial charge on any atom is -0.383 e. The predicted octanol–water partition coefficient (Wildman–Crippen LogP) is 0.983. The Bertz CT molecular complexity index is 416. The number of para-hydroxylation sites is 1. The summed E-state index contributed by atoms with van der Waals surface area (Å²) in [5, 5.41) is 9.69. The van der Waals surface area contributed by atoms with E-state index in [2.05, 4.69) is 16.0 Å². The van der Waals surface area contributed by atoms with Crippen LogP contribution in [0.2, 0.25) is 0 Å². The van der Waals surface area contributed by atoms with Crippen LogP contribution in [0.4, 0.5) is 5.69 Å². The molecule has 0 atom stereocenters. The molecule has 1 fully saturated rings. The number of carbonyl (C=O) groups excluding carboxylic acids is 1. The third-order valence-corrected chi connectivity index (χ3v) is 3.64. The first kappa shape index (κ1) is 14.8. The summed E-state index contributed by atoms with van der Waals surface area (Å²) in [5.74, 6) is 0.0555. The molecule has 1 amide bonds. The van der Waals surface area contributed by atoms with Gasteiger partial charge in [-0.15, -0.1) is 0 Å². The lowest BCUT2D eigenvalue weighted by atomic mass is 9.87. The molecule has 0 aliphatic carbocycles. The molecule has 2 rings (SSSR count). The van der Waals surface area contributed by atoms with Crippen LogP contribution in [-0.4, -0.2) is 44.8 Å². The maximum absolute atomic E-state index is 12.5. The molecule has 5 nitrogen and oxygen atoms in total. The second-order valence-electron chi connectivity index (χ2n) is 5.07. The summed E-state index contributed by atoms with van der Waals surface area (Å²) >= 11 is 0. The Kier molecular flexibility index (Phi) is 5.38. The molecule has 20 heavy (non-hydrogen) atoms. The van der Waals surface area contributed by atoms with Crippen molar-refractivity contribution >= 4 is 11.6 Å². The van der Waals surface area contributed by atoms with Crippen molar-refractivity contribution in [3.05, 3.63) is 30.3 Å². The number of hydrogen-bond acceptors (Lipinski definition) is 4. The molecule has 1 aromatic carbocycles. The number of carbonyl (C=O) groups is 1. The van der Waals surface area contributed by atoms with Gasteiger partial charge in [0.2, 0.25) is 5.91 Å². The Hall–Kier alpha value is -1.59. The number of anilines is 1. The minimum atomic E-state index is -0.527. The summed E-state index contributed by atoms with van der Waals surface area (Å²) in [6, 6.07) is 9.90. The third kappa shape index (κ3) is 3.71. The molecule has 0 spiro atoms. The fourth-order valence-corrected chi connectivity index (χ4v) is 2.50. The van der Waals surface area contributed by atoms with Gasteiger partial charge in [0.05, 0.1) is 6.61 Å². The summed E-state index contributed by atoms with van der Waals surface area (Å²) < 4.78 is 4.98. The lowest BCUT2D eigenvalue weighted by Gasteiger charge is -2.37. The summed E-state index contributed by atoms with van der Waals surface area (Å²) in [5.41, 5.74) is 0.455. The van der Waals surface area contributed by atoms with Crippen molar-refractivity contribution in [1.82, 2.24) is 10.6 Å². The highest BCUT2D eigenvalue weighted by Crippen LogP contribution is 2.24. The lowest BCUT2D eigenvalue weighted by Crippen LogP contribution is -2.58. The fraction of sp³-hybridized carbons (Fsp3) is 0.533. The van der Waals surface area contributed by atoms with Gasteiger partial charge in [-0.05, 0) is 38.1 Å². The van der Waals surface area contributed by atoms with E-state index >= 15 is 0 Å². The molecule has 110 valence electrons. The van der Waals surface area contributed by atoms with Gasteiger partial charge < -0.3 is 20.7 Å². The van der Waals surface area contributed by atoms with Crippen LogP contribution in [0.3, 0.4) is 0 Å². The zero-order valence-corrected chi connectivity index (χ0v) is 11.9.